The van der Waals surface area contributed by atoms with Crippen molar-refractivity contribution in [3.05, 3.63) is 66.0 Å². The molecule has 0 bridgehead atoms. The van der Waals surface area contributed by atoms with E-state index in [4.69, 9.17) is 0 Å². The summed E-state index contributed by atoms with van der Waals surface area (Å²) in [7, 11) is 0. The first-order chi connectivity index (χ1) is 11.6. The number of pyridine rings is 1. The van der Waals surface area contributed by atoms with Crippen LogP contribution in [0.1, 0.15) is 30.5 Å². The van der Waals surface area contributed by atoms with E-state index >= 15 is 0 Å². The van der Waals surface area contributed by atoms with Crippen LogP contribution in [0.5, 0.6) is 0 Å². The van der Waals surface area contributed by atoms with Gasteiger partial charge in [0.2, 0.25) is 5.91 Å². The third-order valence-electron chi connectivity index (χ3n) is 3.93. The molecule has 1 N–H and O–H groups in total. The van der Waals surface area contributed by atoms with Gasteiger partial charge in [-0.2, -0.15) is 0 Å². The number of aromatic nitrogens is 1. The SMILES string of the molecule is C[C@@H](NC(=O)N1C(=O)CC1SCc1cccnc1)c1ccccc1. The van der Waals surface area contributed by atoms with Crippen molar-refractivity contribution in [2.24, 2.45) is 0 Å². The molecule has 3 amide bonds. The van der Waals surface area contributed by atoms with Gasteiger partial charge in [-0.05, 0) is 24.1 Å². The van der Waals surface area contributed by atoms with Gasteiger partial charge in [0.25, 0.3) is 0 Å². The van der Waals surface area contributed by atoms with E-state index in [1.807, 2.05) is 49.4 Å². The predicted molar refractivity (Wildman–Crippen MR) is 94.2 cm³/mol. The molecule has 1 aliphatic rings. The molecule has 2 aromatic rings. The number of rotatable bonds is 5. The average molecular weight is 341 g/mol. The molecular weight excluding hydrogens is 322 g/mol. The lowest BCUT2D eigenvalue weighted by Crippen LogP contribution is -2.57. The van der Waals surface area contributed by atoms with Gasteiger partial charge in [0, 0.05) is 18.1 Å². The fourth-order valence-electron chi connectivity index (χ4n) is 2.52. The molecule has 124 valence electrons. The highest BCUT2D eigenvalue weighted by molar-refractivity contribution is 7.99. The lowest BCUT2D eigenvalue weighted by atomic mass is 10.1. The van der Waals surface area contributed by atoms with Crippen LogP contribution < -0.4 is 5.32 Å². The Morgan fingerprint density at radius 1 is 1.33 bits per heavy atom. The quantitative estimate of drug-likeness (QED) is 0.847. The summed E-state index contributed by atoms with van der Waals surface area (Å²) in [4.78, 5) is 29.7. The van der Waals surface area contributed by atoms with Crippen molar-refractivity contribution in [1.29, 1.82) is 0 Å². The Morgan fingerprint density at radius 3 is 2.79 bits per heavy atom. The number of benzene rings is 1. The van der Waals surface area contributed by atoms with Crippen molar-refractivity contribution in [2.75, 3.05) is 0 Å². The second-order valence-corrected chi connectivity index (χ2v) is 6.84. The number of carbonyl (C=O) groups is 2. The second-order valence-electron chi connectivity index (χ2n) is 5.68. The topological polar surface area (TPSA) is 62.3 Å². The number of amides is 3. The molecule has 24 heavy (non-hydrogen) atoms. The van der Waals surface area contributed by atoms with E-state index in [0.29, 0.717) is 6.42 Å². The van der Waals surface area contributed by atoms with Crippen LogP contribution in [-0.2, 0) is 10.5 Å². The molecule has 1 unspecified atom stereocenters. The van der Waals surface area contributed by atoms with Gasteiger partial charge in [0.15, 0.2) is 0 Å². The number of β-lactam (4-membered cyclic amide) rings is 1. The molecule has 2 heterocycles. The first kappa shape index (κ1) is 16.5. The maximum Gasteiger partial charge on any atom is 0.325 e. The summed E-state index contributed by atoms with van der Waals surface area (Å²) in [5, 5.41) is 2.79. The monoisotopic (exact) mass is 341 g/mol. The van der Waals surface area contributed by atoms with Crippen molar-refractivity contribution in [3.63, 3.8) is 0 Å². The molecule has 1 aliphatic heterocycles. The van der Waals surface area contributed by atoms with Gasteiger partial charge in [-0.1, -0.05) is 36.4 Å². The molecule has 1 fully saturated rings. The van der Waals surface area contributed by atoms with Crippen molar-refractivity contribution in [3.8, 4) is 0 Å². The Labute approximate surface area is 145 Å². The number of nitrogens with zero attached hydrogens (tertiary/aromatic N) is 2. The molecule has 2 atom stereocenters. The molecule has 3 rings (SSSR count). The fourth-order valence-corrected chi connectivity index (χ4v) is 3.70. The molecule has 1 saturated heterocycles. The van der Waals surface area contributed by atoms with Crippen molar-refractivity contribution >= 4 is 23.7 Å². The van der Waals surface area contributed by atoms with Gasteiger partial charge in [-0.15, -0.1) is 11.8 Å². The maximum absolute atomic E-state index is 12.4. The summed E-state index contributed by atoms with van der Waals surface area (Å²) < 4.78 is 0. The van der Waals surface area contributed by atoms with Crippen LogP contribution >= 0.6 is 11.8 Å². The van der Waals surface area contributed by atoms with Crippen LogP contribution in [0.2, 0.25) is 0 Å². The van der Waals surface area contributed by atoms with Crippen molar-refractivity contribution in [2.45, 2.75) is 30.5 Å². The molecule has 5 nitrogen and oxygen atoms in total. The van der Waals surface area contributed by atoms with Gasteiger partial charge in [-0.25, -0.2) is 4.79 Å². The zero-order valence-corrected chi connectivity index (χ0v) is 14.2. The highest BCUT2D eigenvalue weighted by atomic mass is 32.2. The minimum atomic E-state index is -0.328. The van der Waals surface area contributed by atoms with Crippen LogP contribution in [-0.4, -0.2) is 27.2 Å². The van der Waals surface area contributed by atoms with E-state index in [-0.39, 0.29) is 23.4 Å². The molecule has 0 aliphatic carbocycles. The lowest BCUT2D eigenvalue weighted by molar-refractivity contribution is -0.137. The predicted octanol–water partition coefficient (Wildman–Crippen LogP) is 3.34. The Balaban J connectivity index is 1.56. The van der Waals surface area contributed by atoms with Gasteiger partial charge in [0.05, 0.1) is 17.8 Å². The molecule has 0 saturated carbocycles. The zero-order valence-electron chi connectivity index (χ0n) is 13.4. The van der Waals surface area contributed by atoms with E-state index < -0.39 is 0 Å². The molecule has 1 aromatic carbocycles. The summed E-state index contributed by atoms with van der Waals surface area (Å²) in [6, 6.07) is 13.1. The fraction of sp³-hybridized carbons (Fsp3) is 0.278. The second kappa shape index (κ2) is 7.49. The van der Waals surface area contributed by atoms with E-state index in [0.717, 1.165) is 16.9 Å². The van der Waals surface area contributed by atoms with Gasteiger partial charge < -0.3 is 5.32 Å². The minimum Gasteiger partial charge on any atom is -0.331 e. The third-order valence-corrected chi connectivity index (χ3v) is 5.19. The normalized spacial score (nSPS) is 18.0. The van der Waals surface area contributed by atoms with Gasteiger partial charge >= 0.3 is 6.03 Å². The van der Waals surface area contributed by atoms with Crippen LogP contribution in [0.4, 0.5) is 4.79 Å². The van der Waals surface area contributed by atoms with E-state index in [1.165, 1.54) is 4.90 Å². The number of thioether (sulfide) groups is 1. The zero-order chi connectivity index (χ0) is 16.9. The summed E-state index contributed by atoms with van der Waals surface area (Å²) >= 11 is 1.58. The van der Waals surface area contributed by atoms with E-state index in [1.54, 1.807) is 24.2 Å². The molecule has 0 spiro atoms. The van der Waals surface area contributed by atoms with Crippen LogP contribution in [0.25, 0.3) is 0 Å². The Bertz CT molecular complexity index is 709. The molecular formula is C18H19N3O2S. The third kappa shape index (κ3) is 3.76. The van der Waals surface area contributed by atoms with E-state index in [9.17, 15) is 9.59 Å². The first-order valence-corrected chi connectivity index (χ1v) is 8.88. The summed E-state index contributed by atoms with van der Waals surface area (Å²) in [5.41, 5.74) is 2.10. The molecule has 0 radical (unpaired) electrons. The number of imide groups is 1. The van der Waals surface area contributed by atoms with Crippen LogP contribution in [0, 0.1) is 0 Å². The highest BCUT2D eigenvalue weighted by Crippen LogP contribution is 2.32. The maximum atomic E-state index is 12.4. The average Bonchev–Trinajstić information content (AvgIpc) is 2.59. The Kier molecular flexibility index (Phi) is 5.15. The van der Waals surface area contributed by atoms with E-state index in [2.05, 4.69) is 10.3 Å². The number of carbonyl (C=O) groups excluding carboxylic acids is 2. The summed E-state index contributed by atoms with van der Waals surface area (Å²) in [5.74, 6) is 0.598. The number of hydrogen-bond acceptors (Lipinski definition) is 4. The highest BCUT2D eigenvalue weighted by Gasteiger charge is 2.41. The number of nitrogens with one attached hydrogen (secondary N) is 1. The molecule has 6 heteroatoms. The smallest absolute Gasteiger partial charge is 0.325 e. The van der Waals surface area contributed by atoms with Gasteiger partial charge in [0.1, 0.15) is 0 Å². The Hall–Kier alpha value is -2.34. The first-order valence-electron chi connectivity index (χ1n) is 7.83. The lowest BCUT2D eigenvalue weighted by Gasteiger charge is -2.38. The summed E-state index contributed by atoms with van der Waals surface area (Å²) in [6.07, 6.45) is 3.93. The van der Waals surface area contributed by atoms with Crippen LogP contribution in [0.3, 0.4) is 0 Å². The molecule has 1 aromatic heterocycles. The largest absolute Gasteiger partial charge is 0.331 e. The van der Waals surface area contributed by atoms with Gasteiger partial charge in [-0.3, -0.25) is 14.7 Å². The van der Waals surface area contributed by atoms with Crippen LogP contribution in [0.15, 0.2) is 54.9 Å². The number of urea groups is 1. The van der Waals surface area contributed by atoms with Crippen molar-refractivity contribution in [1.82, 2.24) is 15.2 Å². The Morgan fingerprint density at radius 2 is 2.12 bits per heavy atom. The standard InChI is InChI=1S/C18H19N3O2S/c1-13(15-7-3-2-4-8-15)20-18(23)21-16(22)10-17(21)24-12-14-6-5-9-19-11-14/h2-9,11,13,17H,10,12H2,1H3,(H,20,23)/t13-,17?/m1/s1. The minimum absolute atomic E-state index is 0.110. The number of hydrogen-bond donors (Lipinski definition) is 1. The van der Waals surface area contributed by atoms with Crippen molar-refractivity contribution < 1.29 is 9.59 Å². The number of likely N-dealkylation sites (tertiary alicyclic amines) is 1. The summed E-state index contributed by atoms with van der Waals surface area (Å²) in [6.45, 7) is 1.91.